The van der Waals surface area contributed by atoms with Gasteiger partial charge in [0.05, 0.1) is 0 Å². The number of hydrogen-bond acceptors (Lipinski definition) is 4. The first kappa shape index (κ1) is 9.02. The van der Waals surface area contributed by atoms with Crippen molar-refractivity contribution >= 4 is 23.3 Å². The molecule has 4 nitrogen and oxygen atoms in total. The van der Waals surface area contributed by atoms with Gasteiger partial charge in [-0.2, -0.15) is 0 Å². The normalized spacial score (nSPS) is 10.1. The Balaban J connectivity index is 2.11. The second kappa shape index (κ2) is 4.11. The summed E-state index contributed by atoms with van der Waals surface area (Å²) in [4.78, 5) is 0. The third-order valence-electron chi connectivity index (χ3n) is 1.61. The zero-order valence-electron chi connectivity index (χ0n) is 7.27. The molecule has 0 amide bonds. The summed E-state index contributed by atoms with van der Waals surface area (Å²) < 4.78 is 5.17. The minimum atomic E-state index is 0.226. The lowest BCUT2D eigenvalue weighted by Gasteiger charge is -1.98. The van der Waals surface area contributed by atoms with Crippen LogP contribution in [0.2, 0.25) is 0 Å². The highest BCUT2D eigenvalue weighted by atomic mass is 35.5. The summed E-state index contributed by atoms with van der Waals surface area (Å²) in [7, 11) is 0. The second-order valence-electron chi connectivity index (χ2n) is 2.63. The van der Waals surface area contributed by atoms with E-state index < -0.39 is 0 Å². The molecule has 0 atom stereocenters. The van der Waals surface area contributed by atoms with E-state index in [0.29, 0.717) is 11.9 Å². The summed E-state index contributed by atoms with van der Waals surface area (Å²) in [6.07, 6.45) is 0. The molecule has 5 heteroatoms. The Bertz CT molecular complexity index is 401. The van der Waals surface area contributed by atoms with E-state index in [-0.39, 0.29) is 5.88 Å². The lowest BCUT2D eigenvalue weighted by atomic mass is 10.3. The predicted octanol–water partition coefficient (Wildman–Crippen LogP) is 2.55. The zero-order valence-corrected chi connectivity index (χ0v) is 8.03. The van der Waals surface area contributed by atoms with Crippen LogP contribution < -0.4 is 5.32 Å². The van der Waals surface area contributed by atoms with E-state index in [2.05, 4.69) is 15.5 Å². The number of benzene rings is 1. The Morgan fingerprint density at radius 3 is 2.64 bits per heavy atom. The van der Waals surface area contributed by atoms with Crippen LogP contribution in [0.25, 0.3) is 0 Å². The van der Waals surface area contributed by atoms with Crippen molar-refractivity contribution in [1.29, 1.82) is 0 Å². The van der Waals surface area contributed by atoms with Crippen LogP contribution in [0, 0.1) is 0 Å². The van der Waals surface area contributed by atoms with Crippen molar-refractivity contribution in [3.63, 3.8) is 0 Å². The second-order valence-corrected chi connectivity index (χ2v) is 2.89. The fraction of sp³-hybridized carbons (Fsp3) is 0.111. The van der Waals surface area contributed by atoms with Gasteiger partial charge in [0.2, 0.25) is 5.89 Å². The molecule has 0 radical (unpaired) electrons. The molecule has 0 aliphatic carbocycles. The Kier molecular flexibility index (Phi) is 2.65. The maximum Gasteiger partial charge on any atom is 0.320 e. The number of rotatable bonds is 3. The molecule has 72 valence electrons. The summed E-state index contributed by atoms with van der Waals surface area (Å²) in [5.41, 5.74) is 0.900. The standard InChI is InChI=1S/C9H8ClN3O/c10-6-8-12-13-9(14-8)11-7-4-2-1-3-5-7/h1-5H,6H2,(H,11,13). The van der Waals surface area contributed by atoms with Gasteiger partial charge >= 0.3 is 6.01 Å². The van der Waals surface area contributed by atoms with Gasteiger partial charge in [-0.3, -0.25) is 0 Å². The third kappa shape index (κ3) is 2.03. The fourth-order valence-electron chi connectivity index (χ4n) is 1.00. The van der Waals surface area contributed by atoms with Crippen molar-refractivity contribution < 1.29 is 4.42 Å². The van der Waals surface area contributed by atoms with Crippen molar-refractivity contribution in [2.75, 3.05) is 5.32 Å². The molecule has 14 heavy (non-hydrogen) atoms. The highest BCUT2D eigenvalue weighted by Gasteiger charge is 2.03. The van der Waals surface area contributed by atoms with E-state index in [4.69, 9.17) is 16.0 Å². The van der Waals surface area contributed by atoms with E-state index in [1.165, 1.54) is 0 Å². The smallest absolute Gasteiger partial charge is 0.320 e. The molecule has 0 saturated carbocycles. The number of para-hydroxylation sites is 1. The molecular weight excluding hydrogens is 202 g/mol. The van der Waals surface area contributed by atoms with Gasteiger partial charge in [0, 0.05) is 5.69 Å². The van der Waals surface area contributed by atoms with Crippen molar-refractivity contribution in [2.45, 2.75) is 5.88 Å². The van der Waals surface area contributed by atoms with E-state index in [1.54, 1.807) is 0 Å². The number of aromatic nitrogens is 2. The molecule has 0 fully saturated rings. The summed E-state index contributed by atoms with van der Waals surface area (Å²) in [5, 5.41) is 10.4. The van der Waals surface area contributed by atoms with Gasteiger partial charge in [-0.1, -0.05) is 23.3 Å². The predicted molar refractivity (Wildman–Crippen MR) is 53.6 cm³/mol. The van der Waals surface area contributed by atoms with Crippen LogP contribution in [0.3, 0.4) is 0 Å². The molecule has 2 rings (SSSR count). The van der Waals surface area contributed by atoms with Crippen molar-refractivity contribution in [1.82, 2.24) is 10.2 Å². The number of nitrogens with zero attached hydrogens (tertiary/aromatic N) is 2. The number of alkyl halides is 1. The third-order valence-corrected chi connectivity index (χ3v) is 1.83. The number of hydrogen-bond donors (Lipinski definition) is 1. The average molecular weight is 210 g/mol. The highest BCUT2D eigenvalue weighted by Crippen LogP contribution is 2.14. The molecule has 1 N–H and O–H groups in total. The van der Waals surface area contributed by atoms with Crippen LogP contribution in [0.4, 0.5) is 11.7 Å². The highest BCUT2D eigenvalue weighted by molar-refractivity contribution is 6.16. The van der Waals surface area contributed by atoms with E-state index in [9.17, 15) is 0 Å². The molecule has 0 aliphatic rings. The maximum atomic E-state index is 5.52. The number of nitrogens with one attached hydrogen (secondary N) is 1. The first-order valence-electron chi connectivity index (χ1n) is 4.09. The molecule has 2 aromatic rings. The van der Waals surface area contributed by atoms with Crippen LogP contribution >= 0.6 is 11.6 Å². The van der Waals surface area contributed by atoms with Crippen molar-refractivity contribution in [2.24, 2.45) is 0 Å². The fourth-order valence-corrected chi connectivity index (χ4v) is 1.11. The average Bonchev–Trinajstić information content (AvgIpc) is 2.67. The molecule has 0 spiro atoms. The molecule has 0 saturated heterocycles. The van der Waals surface area contributed by atoms with Crippen molar-refractivity contribution in [3.05, 3.63) is 36.2 Å². The lowest BCUT2D eigenvalue weighted by molar-refractivity contribution is 0.530. The first-order chi connectivity index (χ1) is 6.88. The Morgan fingerprint density at radius 2 is 2.00 bits per heavy atom. The molecule has 0 aliphatic heterocycles. The van der Waals surface area contributed by atoms with Gasteiger partial charge in [0.25, 0.3) is 0 Å². The van der Waals surface area contributed by atoms with E-state index in [1.807, 2.05) is 30.3 Å². The van der Waals surface area contributed by atoms with Gasteiger partial charge in [-0.05, 0) is 12.1 Å². The minimum absolute atomic E-state index is 0.226. The number of halogens is 1. The first-order valence-corrected chi connectivity index (χ1v) is 4.62. The Hall–Kier alpha value is -1.55. The molecule has 1 aromatic carbocycles. The van der Waals surface area contributed by atoms with Gasteiger partial charge < -0.3 is 9.73 Å². The largest absolute Gasteiger partial charge is 0.407 e. The van der Waals surface area contributed by atoms with Crippen LogP contribution in [-0.4, -0.2) is 10.2 Å². The van der Waals surface area contributed by atoms with E-state index >= 15 is 0 Å². The summed E-state index contributed by atoms with van der Waals surface area (Å²) in [5.74, 6) is 0.633. The SMILES string of the molecule is ClCc1nnc(Nc2ccccc2)o1. The molecule has 0 unspecified atom stereocenters. The quantitative estimate of drug-likeness (QED) is 0.790. The van der Waals surface area contributed by atoms with Gasteiger partial charge in [0.1, 0.15) is 5.88 Å². The number of anilines is 2. The lowest BCUT2D eigenvalue weighted by Crippen LogP contribution is -1.88. The maximum absolute atomic E-state index is 5.52. The molecule has 0 bridgehead atoms. The summed E-state index contributed by atoms with van der Waals surface area (Å²) in [6, 6.07) is 9.94. The molecular formula is C9H8ClN3O. The topological polar surface area (TPSA) is 51.0 Å². The summed E-state index contributed by atoms with van der Waals surface area (Å²) >= 11 is 5.52. The van der Waals surface area contributed by atoms with Crippen LogP contribution in [0.5, 0.6) is 0 Å². The van der Waals surface area contributed by atoms with Gasteiger partial charge in [-0.25, -0.2) is 0 Å². The van der Waals surface area contributed by atoms with Crippen molar-refractivity contribution in [3.8, 4) is 0 Å². The van der Waals surface area contributed by atoms with Crippen LogP contribution in [0.1, 0.15) is 5.89 Å². The summed E-state index contributed by atoms with van der Waals surface area (Å²) in [6.45, 7) is 0. The molecule has 1 aromatic heterocycles. The Labute approximate surface area is 85.9 Å². The monoisotopic (exact) mass is 209 g/mol. The van der Waals surface area contributed by atoms with Crippen LogP contribution in [-0.2, 0) is 5.88 Å². The van der Waals surface area contributed by atoms with Gasteiger partial charge in [0.15, 0.2) is 0 Å². The van der Waals surface area contributed by atoms with Gasteiger partial charge in [-0.15, -0.1) is 16.7 Å². The molecule has 1 heterocycles. The van der Waals surface area contributed by atoms with E-state index in [0.717, 1.165) is 5.69 Å². The minimum Gasteiger partial charge on any atom is -0.407 e. The Morgan fingerprint density at radius 1 is 1.21 bits per heavy atom. The van der Waals surface area contributed by atoms with Crippen LogP contribution in [0.15, 0.2) is 34.7 Å². The zero-order chi connectivity index (χ0) is 9.80.